The van der Waals surface area contributed by atoms with Gasteiger partial charge < -0.3 is 0 Å². The highest BCUT2D eigenvalue weighted by Gasteiger charge is 2.10. The molecule has 1 aromatic carbocycles. The van der Waals surface area contributed by atoms with Crippen LogP contribution in [0.3, 0.4) is 0 Å². The number of nitrogens with zero attached hydrogens (tertiary/aromatic N) is 3. The Morgan fingerprint density at radius 2 is 1.87 bits per heavy atom. The third-order valence-corrected chi connectivity index (χ3v) is 3.93. The van der Waals surface area contributed by atoms with Gasteiger partial charge in [-0.25, -0.2) is 4.68 Å². The Morgan fingerprint density at radius 3 is 2.57 bits per heavy atom. The molecule has 5 heteroatoms. The van der Waals surface area contributed by atoms with Gasteiger partial charge in [0.05, 0.1) is 12.2 Å². The third-order valence-electron chi connectivity index (χ3n) is 3.68. The number of hydrogen-bond donors (Lipinski definition) is 0. The smallest absolute Gasteiger partial charge is 0.268 e. The van der Waals surface area contributed by atoms with Gasteiger partial charge in [-0.2, -0.15) is 5.10 Å². The average molecular weight is 326 g/mol. The second-order valence-electron chi connectivity index (χ2n) is 5.44. The van der Waals surface area contributed by atoms with Gasteiger partial charge in [-0.05, 0) is 49.7 Å². The summed E-state index contributed by atoms with van der Waals surface area (Å²) in [6.07, 6.45) is 1.75. The summed E-state index contributed by atoms with van der Waals surface area (Å²) in [4.78, 5) is 16.7. The van der Waals surface area contributed by atoms with Crippen molar-refractivity contribution in [3.63, 3.8) is 0 Å². The molecule has 0 spiro atoms. The van der Waals surface area contributed by atoms with Crippen LogP contribution in [0.15, 0.2) is 53.5 Å². The van der Waals surface area contributed by atoms with Gasteiger partial charge in [0.2, 0.25) is 0 Å². The van der Waals surface area contributed by atoms with Gasteiger partial charge in [-0.3, -0.25) is 9.78 Å². The molecule has 0 fully saturated rings. The number of hydrogen-bond acceptors (Lipinski definition) is 3. The molecule has 0 saturated carbocycles. The van der Waals surface area contributed by atoms with Crippen LogP contribution in [-0.2, 0) is 6.54 Å². The van der Waals surface area contributed by atoms with Crippen LogP contribution in [0.5, 0.6) is 0 Å². The van der Waals surface area contributed by atoms with Gasteiger partial charge >= 0.3 is 0 Å². The van der Waals surface area contributed by atoms with Crippen molar-refractivity contribution in [3.05, 3.63) is 80.9 Å². The summed E-state index contributed by atoms with van der Waals surface area (Å²) in [7, 11) is 0. The summed E-state index contributed by atoms with van der Waals surface area (Å²) in [6, 6.07) is 13.1. The van der Waals surface area contributed by atoms with E-state index in [0.29, 0.717) is 17.1 Å². The van der Waals surface area contributed by atoms with Crippen molar-refractivity contribution < 1.29 is 0 Å². The molecule has 0 aliphatic heterocycles. The number of benzene rings is 1. The molecule has 116 valence electrons. The molecular weight excluding hydrogens is 310 g/mol. The molecule has 0 aliphatic carbocycles. The molecule has 4 nitrogen and oxygen atoms in total. The lowest BCUT2D eigenvalue weighted by molar-refractivity contribution is 0.637. The normalized spacial score (nSPS) is 10.7. The fourth-order valence-electron chi connectivity index (χ4n) is 2.43. The van der Waals surface area contributed by atoms with E-state index in [4.69, 9.17) is 11.6 Å². The van der Waals surface area contributed by atoms with Crippen molar-refractivity contribution in [2.75, 3.05) is 0 Å². The molecule has 0 bridgehead atoms. The SMILES string of the molecule is Cc1ncccc1-c1cc(C)c(=O)n(Cc2ccc(Cl)cc2)n1. The lowest BCUT2D eigenvalue weighted by atomic mass is 10.1. The largest absolute Gasteiger partial charge is 0.270 e. The first-order chi connectivity index (χ1) is 11.0. The molecule has 0 atom stereocenters. The van der Waals surface area contributed by atoms with E-state index >= 15 is 0 Å². The summed E-state index contributed by atoms with van der Waals surface area (Å²) in [6.45, 7) is 4.14. The lowest BCUT2D eigenvalue weighted by Crippen LogP contribution is -2.25. The Labute approximate surface area is 139 Å². The van der Waals surface area contributed by atoms with Crippen LogP contribution in [-0.4, -0.2) is 14.8 Å². The maximum atomic E-state index is 12.4. The molecule has 3 aromatic rings. The van der Waals surface area contributed by atoms with Crippen molar-refractivity contribution in [2.24, 2.45) is 0 Å². The minimum Gasteiger partial charge on any atom is -0.268 e. The fraction of sp³-hybridized carbons (Fsp3) is 0.167. The molecule has 3 rings (SSSR count). The van der Waals surface area contributed by atoms with E-state index in [1.807, 2.05) is 49.4 Å². The van der Waals surface area contributed by atoms with Crippen LogP contribution in [0.25, 0.3) is 11.3 Å². The van der Waals surface area contributed by atoms with Gasteiger partial charge in [0.25, 0.3) is 5.56 Å². The molecule has 23 heavy (non-hydrogen) atoms. The van der Waals surface area contributed by atoms with E-state index in [1.54, 1.807) is 13.1 Å². The first-order valence-corrected chi connectivity index (χ1v) is 7.67. The second-order valence-corrected chi connectivity index (χ2v) is 5.87. The van der Waals surface area contributed by atoms with E-state index in [0.717, 1.165) is 22.5 Å². The van der Waals surface area contributed by atoms with Crippen LogP contribution in [0, 0.1) is 13.8 Å². The van der Waals surface area contributed by atoms with E-state index in [1.165, 1.54) is 4.68 Å². The third kappa shape index (κ3) is 3.32. The van der Waals surface area contributed by atoms with Gasteiger partial charge in [0.1, 0.15) is 0 Å². The molecule has 2 aromatic heterocycles. The highest BCUT2D eigenvalue weighted by Crippen LogP contribution is 2.19. The number of halogens is 1. The average Bonchev–Trinajstić information content (AvgIpc) is 2.54. The zero-order valence-electron chi connectivity index (χ0n) is 13.0. The molecule has 0 amide bonds. The lowest BCUT2D eigenvalue weighted by Gasteiger charge is -2.10. The predicted molar refractivity (Wildman–Crippen MR) is 91.8 cm³/mol. The Balaban J connectivity index is 2.05. The maximum Gasteiger partial charge on any atom is 0.270 e. The number of pyridine rings is 1. The molecule has 0 saturated heterocycles. The molecule has 0 aliphatic rings. The summed E-state index contributed by atoms with van der Waals surface area (Å²) in [5.74, 6) is 0. The summed E-state index contributed by atoms with van der Waals surface area (Å²) < 4.78 is 1.49. The maximum absolute atomic E-state index is 12.4. The Morgan fingerprint density at radius 1 is 1.13 bits per heavy atom. The molecule has 0 N–H and O–H groups in total. The minimum atomic E-state index is -0.0924. The van der Waals surface area contributed by atoms with Crippen LogP contribution in [0.1, 0.15) is 16.8 Å². The van der Waals surface area contributed by atoms with Crippen LogP contribution < -0.4 is 5.56 Å². The zero-order valence-corrected chi connectivity index (χ0v) is 13.7. The van der Waals surface area contributed by atoms with E-state index in [-0.39, 0.29) is 5.56 Å². The van der Waals surface area contributed by atoms with Gasteiger partial charge in [0.15, 0.2) is 0 Å². The monoisotopic (exact) mass is 325 g/mol. The Hall–Kier alpha value is -2.46. The topological polar surface area (TPSA) is 47.8 Å². The summed E-state index contributed by atoms with van der Waals surface area (Å²) >= 11 is 5.90. The fourth-order valence-corrected chi connectivity index (χ4v) is 2.56. The van der Waals surface area contributed by atoms with Gasteiger partial charge in [-0.15, -0.1) is 0 Å². The van der Waals surface area contributed by atoms with Crippen molar-refractivity contribution in [3.8, 4) is 11.3 Å². The summed E-state index contributed by atoms with van der Waals surface area (Å²) in [5, 5.41) is 5.18. The van der Waals surface area contributed by atoms with Crippen molar-refractivity contribution in [1.29, 1.82) is 0 Å². The van der Waals surface area contributed by atoms with Gasteiger partial charge in [0, 0.05) is 28.0 Å². The number of rotatable bonds is 3. The highest BCUT2D eigenvalue weighted by molar-refractivity contribution is 6.30. The number of aromatic nitrogens is 3. The quantitative estimate of drug-likeness (QED) is 0.739. The van der Waals surface area contributed by atoms with Crippen molar-refractivity contribution in [1.82, 2.24) is 14.8 Å². The van der Waals surface area contributed by atoms with Gasteiger partial charge in [-0.1, -0.05) is 23.7 Å². The van der Waals surface area contributed by atoms with Crippen molar-refractivity contribution in [2.45, 2.75) is 20.4 Å². The van der Waals surface area contributed by atoms with Crippen molar-refractivity contribution >= 4 is 11.6 Å². The Bertz CT molecular complexity index is 901. The molecule has 2 heterocycles. The van der Waals surface area contributed by atoms with Crippen LogP contribution in [0.2, 0.25) is 5.02 Å². The second kappa shape index (κ2) is 6.34. The highest BCUT2D eigenvalue weighted by atomic mass is 35.5. The predicted octanol–water partition coefficient (Wildman–Crippen LogP) is 3.62. The summed E-state index contributed by atoms with van der Waals surface area (Å²) in [5.41, 5.74) is 4.11. The zero-order chi connectivity index (χ0) is 16.4. The standard InChI is InChI=1S/C18H16ClN3O/c1-12-10-17(16-4-3-9-20-13(16)2)21-22(18(12)23)11-14-5-7-15(19)8-6-14/h3-10H,11H2,1-2H3. The molecular formula is C18H16ClN3O. The molecule has 0 unspecified atom stereocenters. The minimum absolute atomic E-state index is 0.0924. The van der Waals surface area contributed by atoms with E-state index in [9.17, 15) is 4.79 Å². The number of aryl methyl sites for hydroxylation is 2. The van der Waals surface area contributed by atoms with Crippen LogP contribution in [0.4, 0.5) is 0 Å². The first-order valence-electron chi connectivity index (χ1n) is 7.30. The van der Waals surface area contributed by atoms with E-state index in [2.05, 4.69) is 10.1 Å². The van der Waals surface area contributed by atoms with E-state index < -0.39 is 0 Å². The Kier molecular flexibility index (Phi) is 4.26. The van der Waals surface area contributed by atoms with Crippen LogP contribution >= 0.6 is 11.6 Å². The first kappa shape index (κ1) is 15.4. The molecule has 0 radical (unpaired) electrons.